The molecule has 0 radical (unpaired) electrons. The average molecular weight is 397 g/mol. The van der Waals surface area contributed by atoms with Gasteiger partial charge in [0.25, 0.3) is 0 Å². The fourth-order valence-corrected chi connectivity index (χ4v) is 3.93. The first-order chi connectivity index (χ1) is 12.9. The average Bonchev–Trinajstić information content (AvgIpc) is 3.11. The second kappa shape index (κ2) is 7.01. The number of anilines is 1. The van der Waals surface area contributed by atoms with Crippen LogP contribution in [0.25, 0.3) is 10.9 Å². The quantitative estimate of drug-likeness (QED) is 0.633. The molecular formula is C17H15F4N5S. The molecule has 1 fully saturated rings. The van der Waals surface area contributed by atoms with Gasteiger partial charge in [0, 0.05) is 43.0 Å². The molecule has 2 aromatic heterocycles. The van der Waals surface area contributed by atoms with Crippen molar-refractivity contribution in [3.8, 4) is 0 Å². The highest BCUT2D eigenvalue weighted by atomic mass is 32.1. The lowest BCUT2D eigenvalue weighted by Crippen LogP contribution is -2.46. The normalized spacial score (nSPS) is 16.2. The number of benzene rings is 1. The van der Waals surface area contributed by atoms with Crippen LogP contribution in [-0.4, -0.2) is 46.0 Å². The third kappa shape index (κ3) is 3.86. The van der Waals surface area contributed by atoms with Gasteiger partial charge in [0.15, 0.2) is 5.69 Å². The second-order valence-corrected chi connectivity index (χ2v) is 7.19. The Morgan fingerprint density at radius 3 is 2.56 bits per heavy atom. The van der Waals surface area contributed by atoms with Crippen molar-refractivity contribution in [2.24, 2.45) is 0 Å². The molecule has 0 atom stereocenters. The first kappa shape index (κ1) is 18.1. The van der Waals surface area contributed by atoms with Crippen molar-refractivity contribution in [1.29, 1.82) is 0 Å². The van der Waals surface area contributed by atoms with Crippen LogP contribution in [0.2, 0.25) is 0 Å². The summed E-state index contributed by atoms with van der Waals surface area (Å²) >= 11 is 1.03. The van der Waals surface area contributed by atoms with E-state index in [2.05, 4.69) is 24.8 Å². The number of aromatic nitrogens is 3. The molecule has 0 bridgehead atoms. The molecule has 5 nitrogen and oxygen atoms in total. The van der Waals surface area contributed by atoms with Crippen LogP contribution in [0, 0.1) is 5.82 Å². The highest BCUT2D eigenvalue weighted by molar-refractivity contribution is 7.09. The summed E-state index contributed by atoms with van der Waals surface area (Å²) in [6.45, 7) is 3.08. The molecule has 10 heteroatoms. The van der Waals surface area contributed by atoms with Gasteiger partial charge in [-0.15, -0.1) is 11.3 Å². The zero-order chi connectivity index (χ0) is 19.0. The highest BCUT2D eigenvalue weighted by Gasteiger charge is 2.34. The lowest BCUT2D eigenvalue weighted by Gasteiger charge is -2.35. The molecule has 0 N–H and O–H groups in total. The van der Waals surface area contributed by atoms with Crippen molar-refractivity contribution in [3.63, 3.8) is 0 Å². The lowest BCUT2D eigenvalue weighted by molar-refractivity contribution is -0.140. The molecular weight excluding hydrogens is 382 g/mol. The van der Waals surface area contributed by atoms with Crippen LogP contribution in [0.5, 0.6) is 0 Å². The summed E-state index contributed by atoms with van der Waals surface area (Å²) in [5.74, 6) is 0.395. The van der Waals surface area contributed by atoms with E-state index in [0.29, 0.717) is 43.2 Å². The number of nitrogens with zero attached hydrogens (tertiary/aromatic N) is 5. The molecule has 0 aliphatic carbocycles. The maximum atomic E-state index is 13.4. The van der Waals surface area contributed by atoms with Crippen molar-refractivity contribution in [2.75, 3.05) is 31.1 Å². The van der Waals surface area contributed by atoms with Gasteiger partial charge in [0.1, 0.15) is 23.0 Å². The zero-order valence-electron chi connectivity index (χ0n) is 14.1. The Balaban J connectivity index is 1.43. The summed E-state index contributed by atoms with van der Waals surface area (Å²) in [7, 11) is 0. The first-order valence-corrected chi connectivity index (χ1v) is 9.17. The third-order valence-electron chi connectivity index (χ3n) is 4.45. The molecule has 27 heavy (non-hydrogen) atoms. The van der Waals surface area contributed by atoms with Crippen LogP contribution in [0.1, 0.15) is 10.7 Å². The van der Waals surface area contributed by atoms with Crippen LogP contribution >= 0.6 is 11.3 Å². The minimum absolute atomic E-state index is 0.348. The molecule has 0 saturated carbocycles. The summed E-state index contributed by atoms with van der Waals surface area (Å²) in [4.78, 5) is 16.3. The molecule has 3 aromatic rings. The SMILES string of the molecule is Fc1ccc2c(N3CCN(Cc4nc(C(F)(F)F)cs4)CC3)ncnc2c1. The van der Waals surface area contributed by atoms with E-state index in [1.165, 1.54) is 18.5 Å². The Kier molecular flexibility index (Phi) is 4.68. The summed E-state index contributed by atoms with van der Waals surface area (Å²) in [6, 6.07) is 4.42. The smallest absolute Gasteiger partial charge is 0.353 e. The largest absolute Gasteiger partial charge is 0.434 e. The van der Waals surface area contributed by atoms with E-state index in [4.69, 9.17) is 0 Å². The summed E-state index contributed by atoms with van der Waals surface area (Å²) in [5.41, 5.74) is -0.286. The summed E-state index contributed by atoms with van der Waals surface area (Å²) < 4.78 is 51.4. The van der Waals surface area contributed by atoms with E-state index in [9.17, 15) is 17.6 Å². The van der Waals surface area contributed by atoms with Gasteiger partial charge in [0.05, 0.1) is 12.1 Å². The summed E-state index contributed by atoms with van der Waals surface area (Å²) in [5, 5.41) is 2.29. The minimum atomic E-state index is -4.40. The first-order valence-electron chi connectivity index (χ1n) is 8.29. The van der Waals surface area contributed by atoms with Gasteiger partial charge < -0.3 is 4.90 Å². The standard InChI is InChI=1S/C17H15F4N5S/c18-11-1-2-12-13(7-11)22-10-23-16(12)26-5-3-25(4-6-26)8-15-24-14(9-27-15)17(19,20)21/h1-2,7,9-10H,3-6,8H2. The predicted molar refractivity (Wildman–Crippen MR) is 94.1 cm³/mol. The number of alkyl halides is 3. The maximum Gasteiger partial charge on any atom is 0.434 e. The molecule has 3 heterocycles. The van der Waals surface area contributed by atoms with Gasteiger partial charge in [0.2, 0.25) is 0 Å². The van der Waals surface area contributed by atoms with Crippen LogP contribution in [0.4, 0.5) is 23.4 Å². The second-order valence-electron chi connectivity index (χ2n) is 6.25. The number of rotatable bonds is 3. The van der Waals surface area contributed by atoms with E-state index in [-0.39, 0.29) is 5.82 Å². The maximum absolute atomic E-state index is 13.4. The third-order valence-corrected chi connectivity index (χ3v) is 5.28. The Labute approximate surface area is 156 Å². The molecule has 1 aliphatic heterocycles. The van der Waals surface area contributed by atoms with Crippen LogP contribution in [0.15, 0.2) is 29.9 Å². The molecule has 1 aromatic carbocycles. The monoisotopic (exact) mass is 397 g/mol. The van der Waals surface area contributed by atoms with Gasteiger partial charge in [-0.25, -0.2) is 19.3 Å². The molecule has 0 spiro atoms. The van der Waals surface area contributed by atoms with Crippen LogP contribution in [0.3, 0.4) is 0 Å². The van der Waals surface area contributed by atoms with E-state index >= 15 is 0 Å². The summed E-state index contributed by atoms with van der Waals surface area (Å²) in [6.07, 6.45) is -2.99. The lowest BCUT2D eigenvalue weighted by atomic mass is 10.2. The number of thiazole rings is 1. The molecule has 142 valence electrons. The fourth-order valence-electron chi connectivity index (χ4n) is 3.09. The van der Waals surface area contributed by atoms with Gasteiger partial charge >= 0.3 is 6.18 Å². The number of hydrogen-bond acceptors (Lipinski definition) is 6. The molecule has 1 aliphatic rings. The minimum Gasteiger partial charge on any atom is -0.353 e. The van der Waals surface area contributed by atoms with Crippen molar-refractivity contribution in [2.45, 2.75) is 12.7 Å². The highest BCUT2D eigenvalue weighted by Crippen LogP contribution is 2.30. The van der Waals surface area contributed by atoms with Gasteiger partial charge in [-0.1, -0.05) is 0 Å². The Hall–Kier alpha value is -2.33. The van der Waals surface area contributed by atoms with Crippen molar-refractivity contribution in [3.05, 3.63) is 46.4 Å². The number of hydrogen-bond donors (Lipinski definition) is 0. The number of fused-ring (bicyclic) bond motifs is 1. The number of piperazine rings is 1. The fraction of sp³-hybridized carbons (Fsp3) is 0.353. The molecule has 4 rings (SSSR count). The predicted octanol–water partition coefficient (Wildman–Crippen LogP) is 3.57. The van der Waals surface area contributed by atoms with Gasteiger partial charge in [-0.05, 0) is 12.1 Å². The molecule has 0 unspecified atom stereocenters. The topological polar surface area (TPSA) is 45.2 Å². The van der Waals surface area contributed by atoms with Gasteiger partial charge in [-0.2, -0.15) is 13.2 Å². The zero-order valence-corrected chi connectivity index (χ0v) is 14.9. The van der Waals surface area contributed by atoms with E-state index in [1.807, 2.05) is 0 Å². The van der Waals surface area contributed by atoms with Crippen LogP contribution in [-0.2, 0) is 12.7 Å². The number of halogens is 4. The molecule has 0 amide bonds. The van der Waals surface area contributed by atoms with Gasteiger partial charge in [-0.3, -0.25) is 4.90 Å². The van der Waals surface area contributed by atoms with Crippen molar-refractivity contribution >= 4 is 28.1 Å². The Morgan fingerprint density at radius 1 is 1.07 bits per heavy atom. The van der Waals surface area contributed by atoms with Crippen LogP contribution < -0.4 is 4.90 Å². The molecule has 1 saturated heterocycles. The van der Waals surface area contributed by atoms with E-state index < -0.39 is 11.9 Å². The van der Waals surface area contributed by atoms with Crippen molar-refractivity contribution < 1.29 is 17.6 Å². The van der Waals surface area contributed by atoms with Crippen molar-refractivity contribution in [1.82, 2.24) is 19.9 Å². The Morgan fingerprint density at radius 2 is 1.85 bits per heavy atom. The van der Waals surface area contributed by atoms with E-state index in [0.717, 1.165) is 27.9 Å². The van der Waals surface area contributed by atoms with E-state index in [1.54, 1.807) is 6.07 Å². The Bertz CT molecular complexity index is 950.